The van der Waals surface area contributed by atoms with E-state index in [1.807, 2.05) is 36.8 Å². The minimum absolute atomic E-state index is 0.487. The average Bonchev–Trinajstić information content (AvgIpc) is 3.42. The number of rotatable bonds is 4. The van der Waals surface area contributed by atoms with Gasteiger partial charge in [-0.1, -0.05) is 30.3 Å². The van der Waals surface area contributed by atoms with Gasteiger partial charge in [0, 0.05) is 18.0 Å². The highest BCUT2D eigenvalue weighted by Gasteiger charge is 2.19. The van der Waals surface area contributed by atoms with Gasteiger partial charge in [0.25, 0.3) is 0 Å². The van der Waals surface area contributed by atoms with Crippen LogP contribution in [0.25, 0.3) is 32.0 Å². The molecule has 0 fully saturated rings. The second-order valence-corrected chi connectivity index (χ2v) is 7.09. The van der Waals surface area contributed by atoms with Gasteiger partial charge >= 0.3 is 0 Å². The number of hydrogen-bond acceptors (Lipinski definition) is 6. The average molecular weight is 373 g/mol. The molecule has 0 amide bonds. The Labute approximate surface area is 158 Å². The first-order valence-corrected chi connectivity index (χ1v) is 9.20. The quantitative estimate of drug-likeness (QED) is 0.502. The van der Waals surface area contributed by atoms with Crippen LogP contribution in [0, 0.1) is 0 Å². The smallest absolute Gasteiger partial charge is 0.135 e. The first-order chi connectivity index (χ1) is 13.3. The lowest BCUT2D eigenvalue weighted by Gasteiger charge is -2.07. The summed E-state index contributed by atoms with van der Waals surface area (Å²) in [6, 6.07) is 12.2. The summed E-state index contributed by atoms with van der Waals surface area (Å²) >= 11 is 1.58. The SMILES string of the molecule is Nc1ncnc2sc(-c3c(-c4ccccc4)ncn3Cc3ncc[nH]3)cc12. The van der Waals surface area contributed by atoms with E-state index >= 15 is 0 Å². The predicted molar refractivity (Wildman–Crippen MR) is 106 cm³/mol. The van der Waals surface area contributed by atoms with Crippen molar-refractivity contribution in [1.82, 2.24) is 29.5 Å². The minimum Gasteiger partial charge on any atom is -0.383 e. The number of hydrogen-bond donors (Lipinski definition) is 2. The molecule has 0 aliphatic carbocycles. The van der Waals surface area contributed by atoms with Crippen molar-refractivity contribution in [3.63, 3.8) is 0 Å². The van der Waals surface area contributed by atoms with E-state index in [0.29, 0.717) is 12.4 Å². The number of imidazole rings is 2. The number of thiophene rings is 1. The van der Waals surface area contributed by atoms with E-state index in [-0.39, 0.29) is 0 Å². The molecule has 0 spiro atoms. The number of nitrogens with two attached hydrogens (primary N) is 1. The molecular weight excluding hydrogens is 358 g/mol. The molecule has 0 radical (unpaired) electrons. The Hall–Kier alpha value is -3.52. The van der Waals surface area contributed by atoms with E-state index in [1.54, 1.807) is 17.5 Å². The van der Waals surface area contributed by atoms with Crippen molar-refractivity contribution in [2.24, 2.45) is 0 Å². The second kappa shape index (κ2) is 6.33. The Balaban J connectivity index is 1.71. The second-order valence-electron chi connectivity index (χ2n) is 6.06. The van der Waals surface area contributed by atoms with E-state index in [2.05, 4.69) is 36.6 Å². The number of nitrogen functional groups attached to an aromatic ring is 1. The van der Waals surface area contributed by atoms with Crippen LogP contribution in [-0.2, 0) is 6.54 Å². The third-order valence-corrected chi connectivity index (χ3v) is 5.40. The van der Waals surface area contributed by atoms with Gasteiger partial charge in [-0.3, -0.25) is 0 Å². The third kappa shape index (κ3) is 2.76. The number of aromatic amines is 1. The summed E-state index contributed by atoms with van der Waals surface area (Å²) in [4.78, 5) is 22.6. The highest BCUT2D eigenvalue weighted by atomic mass is 32.1. The van der Waals surface area contributed by atoms with Crippen molar-refractivity contribution >= 4 is 27.4 Å². The minimum atomic E-state index is 0.487. The van der Waals surface area contributed by atoms with Crippen LogP contribution < -0.4 is 5.73 Å². The molecule has 0 aliphatic heterocycles. The van der Waals surface area contributed by atoms with Crippen LogP contribution in [0.3, 0.4) is 0 Å². The number of nitrogens with one attached hydrogen (secondary N) is 1. The Kier molecular flexibility index (Phi) is 3.68. The summed E-state index contributed by atoms with van der Waals surface area (Å²) in [5.41, 5.74) is 9.03. The molecule has 0 saturated heterocycles. The zero-order chi connectivity index (χ0) is 18.2. The molecule has 0 aliphatic rings. The van der Waals surface area contributed by atoms with E-state index in [1.165, 1.54) is 6.33 Å². The number of benzene rings is 1. The maximum absolute atomic E-state index is 6.04. The lowest BCUT2D eigenvalue weighted by Crippen LogP contribution is -2.02. The zero-order valence-electron chi connectivity index (χ0n) is 14.2. The van der Waals surface area contributed by atoms with Gasteiger partial charge in [0.2, 0.25) is 0 Å². The normalized spacial score (nSPS) is 11.3. The molecule has 5 aromatic rings. The standard InChI is InChI=1S/C19H15N7S/c20-18-13-8-14(27-19(13)24-10-23-18)17-16(12-4-2-1-3-5-12)25-11-26(17)9-15-21-6-7-22-15/h1-8,10-11H,9H2,(H,21,22)(H2,20,23,24). The van der Waals surface area contributed by atoms with Crippen LogP contribution in [0.1, 0.15) is 5.82 Å². The zero-order valence-corrected chi connectivity index (χ0v) is 15.0. The molecular formula is C19H15N7S. The van der Waals surface area contributed by atoms with Gasteiger partial charge in [0.05, 0.1) is 34.5 Å². The van der Waals surface area contributed by atoms with Crippen LogP contribution >= 0.6 is 11.3 Å². The lowest BCUT2D eigenvalue weighted by molar-refractivity contribution is 0.762. The van der Waals surface area contributed by atoms with Crippen molar-refractivity contribution in [2.75, 3.05) is 5.73 Å². The number of H-pyrrole nitrogens is 1. The van der Waals surface area contributed by atoms with E-state index in [9.17, 15) is 0 Å². The van der Waals surface area contributed by atoms with Crippen LogP contribution in [0.2, 0.25) is 0 Å². The topological polar surface area (TPSA) is 98.3 Å². The molecule has 4 heterocycles. The van der Waals surface area contributed by atoms with Gasteiger partial charge in [-0.05, 0) is 6.07 Å². The lowest BCUT2D eigenvalue weighted by atomic mass is 10.1. The van der Waals surface area contributed by atoms with Crippen molar-refractivity contribution < 1.29 is 0 Å². The summed E-state index contributed by atoms with van der Waals surface area (Å²) in [6.45, 7) is 0.595. The third-order valence-electron chi connectivity index (χ3n) is 4.35. The molecule has 0 unspecified atom stereocenters. The highest BCUT2D eigenvalue weighted by Crippen LogP contribution is 2.39. The van der Waals surface area contributed by atoms with Crippen molar-refractivity contribution in [1.29, 1.82) is 0 Å². The molecule has 3 N–H and O–H groups in total. The number of fused-ring (bicyclic) bond motifs is 1. The first-order valence-electron chi connectivity index (χ1n) is 8.39. The van der Waals surface area contributed by atoms with Crippen molar-refractivity contribution in [3.05, 3.63) is 67.3 Å². The van der Waals surface area contributed by atoms with Crippen LogP contribution in [0.15, 0.2) is 61.4 Å². The Morgan fingerprint density at radius 2 is 1.96 bits per heavy atom. The molecule has 1 aromatic carbocycles. The van der Waals surface area contributed by atoms with Gasteiger partial charge in [-0.2, -0.15) is 0 Å². The predicted octanol–water partition coefficient (Wildman–Crippen LogP) is 3.58. The molecule has 7 nitrogen and oxygen atoms in total. The summed E-state index contributed by atoms with van der Waals surface area (Å²) in [7, 11) is 0. The molecule has 4 aromatic heterocycles. The van der Waals surface area contributed by atoms with Crippen LogP contribution in [-0.4, -0.2) is 29.5 Å². The summed E-state index contributed by atoms with van der Waals surface area (Å²) in [5, 5.41) is 0.863. The maximum atomic E-state index is 6.04. The molecule has 27 heavy (non-hydrogen) atoms. The summed E-state index contributed by atoms with van der Waals surface area (Å²) < 4.78 is 2.09. The summed E-state index contributed by atoms with van der Waals surface area (Å²) in [5.74, 6) is 1.36. The number of nitrogens with zero attached hydrogens (tertiary/aromatic N) is 5. The molecule has 8 heteroatoms. The van der Waals surface area contributed by atoms with E-state index < -0.39 is 0 Å². The van der Waals surface area contributed by atoms with Gasteiger partial charge in [-0.25, -0.2) is 19.9 Å². The molecule has 0 atom stereocenters. The van der Waals surface area contributed by atoms with Crippen LogP contribution in [0.4, 0.5) is 5.82 Å². The number of anilines is 1. The van der Waals surface area contributed by atoms with Gasteiger partial charge in [0.15, 0.2) is 0 Å². The van der Waals surface area contributed by atoms with Crippen molar-refractivity contribution in [2.45, 2.75) is 6.54 Å². The molecule has 0 saturated carbocycles. The number of aromatic nitrogens is 6. The fourth-order valence-corrected chi connectivity index (χ4v) is 4.17. The van der Waals surface area contributed by atoms with Crippen molar-refractivity contribution in [3.8, 4) is 21.8 Å². The molecule has 0 bridgehead atoms. The Morgan fingerprint density at radius 3 is 2.74 bits per heavy atom. The molecule has 5 rings (SSSR count). The highest BCUT2D eigenvalue weighted by molar-refractivity contribution is 7.21. The monoisotopic (exact) mass is 373 g/mol. The molecule has 132 valence electrons. The van der Waals surface area contributed by atoms with Gasteiger partial charge in [-0.15, -0.1) is 11.3 Å². The Bertz CT molecular complexity index is 1210. The fraction of sp³-hybridized carbons (Fsp3) is 0.0526. The Morgan fingerprint density at radius 1 is 1.07 bits per heavy atom. The van der Waals surface area contributed by atoms with Crippen LogP contribution in [0.5, 0.6) is 0 Å². The maximum Gasteiger partial charge on any atom is 0.135 e. The van der Waals surface area contributed by atoms with Gasteiger partial charge in [0.1, 0.15) is 22.8 Å². The largest absolute Gasteiger partial charge is 0.383 e. The first kappa shape index (κ1) is 15.7. The fourth-order valence-electron chi connectivity index (χ4n) is 3.10. The van der Waals surface area contributed by atoms with E-state index in [0.717, 1.165) is 37.9 Å². The van der Waals surface area contributed by atoms with Gasteiger partial charge < -0.3 is 15.3 Å². The van der Waals surface area contributed by atoms with E-state index in [4.69, 9.17) is 10.7 Å². The summed E-state index contributed by atoms with van der Waals surface area (Å²) in [6.07, 6.45) is 6.91.